The summed E-state index contributed by atoms with van der Waals surface area (Å²) in [6.07, 6.45) is 7.51. The summed E-state index contributed by atoms with van der Waals surface area (Å²) in [6, 6.07) is 10.3. The number of primary amides is 1. The number of benzene rings is 1. The number of nitrogens with two attached hydrogens (primary N) is 1. The molecule has 4 N–H and O–H groups in total. The molecular formula is C23H25N5OS. The Labute approximate surface area is 179 Å². The Morgan fingerprint density at radius 2 is 1.97 bits per heavy atom. The van der Waals surface area contributed by atoms with Crippen molar-refractivity contribution in [1.82, 2.24) is 9.97 Å². The van der Waals surface area contributed by atoms with Crippen LogP contribution in [-0.4, -0.2) is 21.9 Å². The van der Waals surface area contributed by atoms with Gasteiger partial charge in [0.2, 0.25) is 11.9 Å². The van der Waals surface area contributed by atoms with Gasteiger partial charge in [-0.25, -0.2) is 4.98 Å². The zero-order valence-corrected chi connectivity index (χ0v) is 17.7. The van der Waals surface area contributed by atoms with Gasteiger partial charge in [-0.3, -0.25) is 4.79 Å². The van der Waals surface area contributed by atoms with E-state index in [9.17, 15) is 4.79 Å². The standard InChI is InChI=1S/C23H25N5OS/c1-2-3-13-4-8-16(9-5-13)25-23-26-17-10-11-30-20(17)22(28-23)27-19-15-7-6-14(12-15)18(19)21(24)29/h4-11,14-15,18-19H,2-3,12H2,1H3,(H2,24,29)(H2,25,26,27,28). The normalized spacial score (nSPS) is 24.4. The number of carbonyl (C=O) groups excluding carboxylic acids is 1. The van der Waals surface area contributed by atoms with Crippen molar-refractivity contribution in [2.24, 2.45) is 23.5 Å². The number of hydrogen-bond donors (Lipinski definition) is 3. The first kappa shape index (κ1) is 19.1. The van der Waals surface area contributed by atoms with Gasteiger partial charge in [0.25, 0.3) is 0 Å². The molecule has 0 saturated heterocycles. The first-order chi connectivity index (χ1) is 14.6. The maximum Gasteiger partial charge on any atom is 0.229 e. The first-order valence-corrected chi connectivity index (χ1v) is 11.4. The number of nitrogens with one attached hydrogen (secondary N) is 2. The number of hydrogen-bond acceptors (Lipinski definition) is 6. The van der Waals surface area contributed by atoms with Crippen LogP contribution in [0.15, 0.2) is 47.9 Å². The van der Waals surface area contributed by atoms with Crippen LogP contribution in [-0.2, 0) is 11.2 Å². The first-order valence-electron chi connectivity index (χ1n) is 10.5. The van der Waals surface area contributed by atoms with Gasteiger partial charge in [0, 0.05) is 11.7 Å². The number of rotatable bonds is 7. The van der Waals surface area contributed by atoms with Crippen LogP contribution < -0.4 is 16.4 Å². The van der Waals surface area contributed by atoms with E-state index in [1.54, 1.807) is 11.3 Å². The summed E-state index contributed by atoms with van der Waals surface area (Å²) in [5.41, 5.74) is 8.89. The van der Waals surface area contributed by atoms with E-state index in [-0.39, 0.29) is 23.8 Å². The van der Waals surface area contributed by atoms with E-state index in [2.05, 4.69) is 59.0 Å². The topological polar surface area (TPSA) is 92.9 Å². The van der Waals surface area contributed by atoms with Crippen LogP contribution >= 0.6 is 11.3 Å². The number of thiophene rings is 1. The average molecular weight is 420 g/mol. The molecular weight excluding hydrogens is 394 g/mol. The number of aryl methyl sites for hydroxylation is 1. The minimum Gasteiger partial charge on any atom is -0.369 e. The maximum absolute atomic E-state index is 12.1. The number of aromatic nitrogens is 2. The summed E-state index contributed by atoms with van der Waals surface area (Å²) >= 11 is 1.60. The number of nitrogens with zero attached hydrogens (tertiary/aromatic N) is 2. The second-order valence-electron chi connectivity index (χ2n) is 8.15. The lowest BCUT2D eigenvalue weighted by molar-refractivity contribution is -0.122. The zero-order chi connectivity index (χ0) is 20.7. The molecule has 2 heterocycles. The van der Waals surface area contributed by atoms with E-state index >= 15 is 0 Å². The highest BCUT2D eigenvalue weighted by molar-refractivity contribution is 7.17. The molecule has 0 aliphatic heterocycles. The Balaban J connectivity index is 1.43. The number of anilines is 3. The molecule has 6 nitrogen and oxygen atoms in total. The molecule has 154 valence electrons. The highest BCUT2D eigenvalue weighted by atomic mass is 32.1. The van der Waals surface area contributed by atoms with Gasteiger partial charge < -0.3 is 16.4 Å². The molecule has 7 heteroatoms. The smallest absolute Gasteiger partial charge is 0.229 e. The lowest BCUT2D eigenvalue weighted by Crippen LogP contribution is -2.41. The number of carbonyl (C=O) groups is 1. The quantitative estimate of drug-likeness (QED) is 0.491. The van der Waals surface area contributed by atoms with Gasteiger partial charge in [-0.2, -0.15) is 4.98 Å². The molecule has 2 bridgehead atoms. The van der Waals surface area contributed by atoms with Crippen molar-refractivity contribution in [2.45, 2.75) is 32.2 Å². The van der Waals surface area contributed by atoms with Crippen molar-refractivity contribution in [3.63, 3.8) is 0 Å². The molecule has 2 aliphatic carbocycles. The second kappa shape index (κ2) is 7.72. The number of amides is 1. The number of allylic oxidation sites excluding steroid dienone is 1. The molecule has 1 saturated carbocycles. The van der Waals surface area contributed by atoms with Gasteiger partial charge in [-0.05, 0) is 53.8 Å². The summed E-state index contributed by atoms with van der Waals surface area (Å²) in [4.78, 5) is 21.5. The van der Waals surface area contributed by atoms with E-state index in [0.29, 0.717) is 11.9 Å². The van der Waals surface area contributed by atoms with E-state index in [1.165, 1.54) is 5.56 Å². The predicted molar refractivity (Wildman–Crippen MR) is 122 cm³/mol. The summed E-state index contributed by atoms with van der Waals surface area (Å²) in [7, 11) is 0. The largest absolute Gasteiger partial charge is 0.369 e. The fraction of sp³-hybridized carbons (Fsp3) is 0.348. The monoisotopic (exact) mass is 419 g/mol. The van der Waals surface area contributed by atoms with Crippen molar-refractivity contribution in [1.29, 1.82) is 0 Å². The summed E-state index contributed by atoms with van der Waals surface area (Å²) in [6.45, 7) is 2.18. The van der Waals surface area contributed by atoms with Crippen molar-refractivity contribution in [3.8, 4) is 0 Å². The molecule has 3 aromatic rings. The van der Waals surface area contributed by atoms with Crippen LogP contribution in [0.3, 0.4) is 0 Å². The maximum atomic E-state index is 12.1. The third-order valence-corrected chi connectivity index (χ3v) is 7.05. The van der Waals surface area contributed by atoms with Crippen LogP contribution in [0.2, 0.25) is 0 Å². The fourth-order valence-electron chi connectivity index (χ4n) is 4.75. The van der Waals surface area contributed by atoms with Gasteiger partial charge in [0.05, 0.1) is 16.1 Å². The summed E-state index contributed by atoms with van der Waals surface area (Å²) in [5, 5.41) is 8.89. The van der Waals surface area contributed by atoms with Crippen LogP contribution in [0.5, 0.6) is 0 Å². The van der Waals surface area contributed by atoms with Gasteiger partial charge in [0.15, 0.2) is 0 Å². The Bertz CT molecular complexity index is 1110. The highest BCUT2D eigenvalue weighted by Crippen LogP contribution is 2.45. The molecule has 4 atom stereocenters. The third-order valence-electron chi connectivity index (χ3n) is 6.14. The Hall–Kier alpha value is -2.93. The van der Waals surface area contributed by atoms with Crippen LogP contribution in [0.1, 0.15) is 25.3 Å². The van der Waals surface area contributed by atoms with Crippen molar-refractivity contribution < 1.29 is 4.79 Å². The van der Waals surface area contributed by atoms with Gasteiger partial charge in [-0.15, -0.1) is 11.3 Å². The number of fused-ring (bicyclic) bond motifs is 3. The molecule has 2 aromatic heterocycles. The molecule has 1 aromatic carbocycles. The summed E-state index contributed by atoms with van der Waals surface area (Å²) in [5.74, 6) is 1.39. The van der Waals surface area contributed by atoms with E-state index < -0.39 is 0 Å². The Kier molecular flexibility index (Phi) is 4.90. The van der Waals surface area contributed by atoms with Crippen LogP contribution in [0, 0.1) is 17.8 Å². The average Bonchev–Trinajstić information content (AvgIpc) is 3.45. The van der Waals surface area contributed by atoms with Gasteiger partial charge >= 0.3 is 0 Å². The Morgan fingerprint density at radius 1 is 1.17 bits per heavy atom. The zero-order valence-electron chi connectivity index (χ0n) is 16.8. The highest BCUT2D eigenvalue weighted by Gasteiger charge is 2.47. The molecule has 30 heavy (non-hydrogen) atoms. The molecule has 0 radical (unpaired) electrons. The van der Waals surface area contributed by atoms with Crippen molar-refractivity contribution in [3.05, 3.63) is 53.4 Å². The Morgan fingerprint density at radius 3 is 2.73 bits per heavy atom. The minimum atomic E-state index is -0.244. The molecule has 1 fully saturated rings. The minimum absolute atomic E-state index is 0.0288. The van der Waals surface area contributed by atoms with Gasteiger partial charge in [-0.1, -0.05) is 37.6 Å². The predicted octanol–water partition coefficient (Wildman–Crippen LogP) is 4.48. The van der Waals surface area contributed by atoms with Crippen LogP contribution in [0.4, 0.5) is 17.5 Å². The van der Waals surface area contributed by atoms with Crippen molar-refractivity contribution >= 4 is 44.9 Å². The molecule has 0 spiro atoms. The van der Waals surface area contributed by atoms with E-state index in [4.69, 9.17) is 10.7 Å². The molecule has 4 unspecified atom stereocenters. The lowest BCUT2D eigenvalue weighted by atomic mass is 9.88. The fourth-order valence-corrected chi connectivity index (χ4v) is 5.54. The SMILES string of the molecule is CCCc1ccc(Nc2nc(NC3C4C=CC(C4)C3C(N)=O)c3sccc3n2)cc1. The third kappa shape index (κ3) is 3.43. The second-order valence-corrected chi connectivity index (χ2v) is 9.07. The van der Waals surface area contributed by atoms with Crippen molar-refractivity contribution in [2.75, 3.05) is 10.6 Å². The van der Waals surface area contributed by atoms with Gasteiger partial charge in [0.1, 0.15) is 5.82 Å². The molecule has 1 amide bonds. The van der Waals surface area contributed by atoms with E-state index in [0.717, 1.165) is 41.0 Å². The molecule has 5 rings (SSSR count). The lowest BCUT2D eigenvalue weighted by Gasteiger charge is -2.27. The molecule has 2 aliphatic rings. The van der Waals surface area contributed by atoms with E-state index in [1.807, 2.05) is 11.4 Å². The van der Waals surface area contributed by atoms with Crippen LogP contribution in [0.25, 0.3) is 10.2 Å². The summed E-state index contributed by atoms with van der Waals surface area (Å²) < 4.78 is 0.994.